The molecule has 0 aliphatic carbocycles. The average molecular weight is 343 g/mol. The number of rotatable bonds is 6. The summed E-state index contributed by atoms with van der Waals surface area (Å²) in [5.74, 6) is -0.459. The van der Waals surface area contributed by atoms with Crippen LogP contribution in [0.25, 0.3) is 0 Å². The SMILES string of the molecule is CC1(C)OCC(CNc2ncc(C(N)=O)c(Nc3ccccc3)n2)O1. The molecular weight excluding hydrogens is 322 g/mol. The van der Waals surface area contributed by atoms with Gasteiger partial charge in [-0.15, -0.1) is 0 Å². The number of anilines is 3. The van der Waals surface area contributed by atoms with Crippen molar-refractivity contribution in [2.45, 2.75) is 25.7 Å². The zero-order valence-electron chi connectivity index (χ0n) is 14.2. The van der Waals surface area contributed by atoms with Crippen LogP contribution < -0.4 is 16.4 Å². The summed E-state index contributed by atoms with van der Waals surface area (Å²) >= 11 is 0. The van der Waals surface area contributed by atoms with Crippen LogP contribution in [0.15, 0.2) is 36.5 Å². The molecule has 0 spiro atoms. The van der Waals surface area contributed by atoms with Crippen molar-refractivity contribution >= 4 is 23.4 Å². The molecule has 0 radical (unpaired) electrons. The fourth-order valence-corrected chi connectivity index (χ4v) is 2.47. The normalized spacial score (nSPS) is 18.7. The molecule has 1 aliphatic rings. The van der Waals surface area contributed by atoms with Crippen molar-refractivity contribution in [1.82, 2.24) is 9.97 Å². The van der Waals surface area contributed by atoms with E-state index in [0.29, 0.717) is 24.9 Å². The minimum absolute atomic E-state index is 0.0973. The fraction of sp³-hybridized carbons (Fsp3) is 0.353. The van der Waals surface area contributed by atoms with E-state index in [9.17, 15) is 4.79 Å². The van der Waals surface area contributed by atoms with Crippen molar-refractivity contribution in [2.24, 2.45) is 5.73 Å². The number of primary amides is 1. The molecule has 1 amide bonds. The Labute approximate surface area is 145 Å². The van der Waals surface area contributed by atoms with E-state index in [2.05, 4.69) is 20.6 Å². The molecule has 1 atom stereocenters. The molecule has 2 heterocycles. The zero-order valence-corrected chi connectivity index (χ0v) is 14.2. The van der Waals surface area contributed by atoms with Crippen LogP contribution >= 0.6 is 0 Å². The second-order valence-corrected chi connectivity index (χ2v) is 6.14. The van der Waals surface area contributed by atoms with E-state index in [-0.39, 0.29) is 11.7 Å². The number of carbonyl (C=O) groups is 1. The first-order valence-electron chi connectivity index (χ1n) is 7.97. The molecular formula is C17H21N5O3. The molecule has 3 rings (SSSR count). The minimum atomic E-state index is -0.598. The minimum Gasteiger partial charge on any atom is -0.365 e. The van der Waals surface area contributed by atoms with Crippen molar-refractivity contribution in [3.8, 4) is 0 Å². The van der Waals surface area contributed by atoms with Crippen LogP contribution in [0.5, 0.6) is 0 Å². The fourth-order valence-electron chi connectivity index (χ4n) is 2.47. The van der Waals surface area contributed by atoms with Gasteiger partial charge >= 0.3 is 0 Å². The average Bonchev–Trinajstić information content (AvgIpc) is 2.93. The van der Waals surface area contributed by atoms with E-state index in [1.165, 1.54) is 6.20 Å². The van der Waals surface area contributed by atoms with Gasteiger partial charge in [-0.2, -0.15) is 4.98 Å². The first-order valence-corrected chi connectivity index (χ1v) is 7.97. The smallest absolute Gasteiger partial charge is 0.254 e. The summed E-state index contributed by atoms with van der Waals surface area (Å²) in [6.45, 7) is 4.72. The summed E-state index contributed by atoms with van der Waals surface area (Å²) < 4.78 is 11.2. The monoisotopic (exact) mass is 343 g/mol. The maximum Gasteiger partial charge on any atom is 0.254 e. The highest BCUT2D eigenvalue weighted by atomic mass is 16.7. The van der Waals surface area contributed by atoms with Crippen molar-refractivity contribution in [2.75, 3.05) is 23.8 Å². The number of amides is 1. The predicted molar refractivity (Wildman–Crippen MR) is 93.7 cm³/mol. The highest BCUT2D eigenvalue weighted by molar-refractivity contribution is 5.98. The Kier molecular flexibility index (Phi) is 4.82. The van der Waals surface area contributed by atoms with Crippen LogP contribution in [-0.2, 0) is 9.47 Å². The number of para-hydroxylation sites is 1. The van der Waals surface area contributed by atoms with Crippen molar-refractivity contribution in [3.63, 3.8) is 0 Å². The predicted octanol–water partition coefficient (Wildman–Crippen LogP) is 1.88. The van der Waals surface area contributed by atoms with Crippen LogP contribution in [0.1, 0.15) is 24.2 Å². The van der Waals surface area contributed by atoms with Crippen LogP contribution in [0.4, 0.5) is 17.5 Å². The van der Waals surface area contributed by atoms with E-state index in [1.807, 2.05) is 44.2 Å². The van der Waals surface area contributed by atoms with Crippen molar-refractivity contribution in [3.05, 3.63) is 42.1 Å². The number of benzene rings is 1. The lowest BCUT2D eigenvalue weighted by molar-refractivity contribution is -0.136. The summed E-state index contributed by atoms with van der Waals surface area (Å²) in [4.78, 5) is 20.1. The third-order valence-electron chi connectivity index (χ3n) is 3.65. The highest BCUT2D eigenvalue weighted by Crippen LogP contribution is 2.23. The lowest BCUT2D eigenvalue weighted by atomic mass is 10.2. The molecule has 4 N–H and O–H groups in total. The molecule has 1 aliphatic heterocycles. The summed E-state index contributed by atoms with van der Waals surface area (Å²) in [5.41, 5.74) is 6.42. The molecule has 1 unspecified atom stereocenters. The molecule has 1 aromatic carbocycles. The molecule has 0 saturated carbocycles. The maximum absolute atomic E-state index is 11.6. The van der Waals surface area contributed by atoms with Crippen LogP contribution in [-0.4, -0.2) is 40.9 Å². The van der Waals surface area contributed by atoms with Gasteiger partial charge in [-0.3, -0.25) is 4.79 Å². The zero-order chi connectivity index (χ0) is 17.9. The largest absolute Gasteiger partial charge is 0.365 e. The third-order valence-corrected chi connectivity index (χ3v) is 3.65. The second-order valence-electron chi connectivity index (χ2n) is 6.14. The Morgan fingerprint density at radius 3 is 2.76 bits per heavy atom. The lowest BCUT2D eigenvalue weighted by Gasteiger charge is -2.17. The summed E-state index contributed by atoms with van der Waals surface area (Å²) in [6.07, 6.45) is 1.30. The second kappa shape index (κ2) is 7.04. The van der Waals surface area contributed by atoms with Gasteiger partial charge in [-0.25, -0.2) is 4.98 Å². The van der Waals surface area contributed by atoms with Gasteiger partial charge < -0.3 is 25.8 Å². The number of carbonyl (C=O) groups excluding carboxylic acids is 1. The molecule has 0 bridgehead atoms. The molecule has 25 heavy (non-hydrogen) atoms. The Bertz CT molecular complexity index is 751. The number of hydrogen-bond donors (Lipinski definition) is 3. The molecule has 132 valence electrons. The topological polar surface area (TPSA) is 111 Å². The quantitative estimate of drug-likeness (QED) is 0.734. The molecule has 8 heteroatoms. The van der Waals surface area contributed by atoms with Gasteiger partial charge in [-0.1, -0.05) is 18.2 Å². The van der Waals surface area contributed by atoms with E-state index < -0.39 is 11.7 Å². The first-order chi connectivity index (χ1) is 11.9. The first kappa shape index (κ1) is 17.1. The number of nitrogens with zero attached hydrogens (tertiary/aromatic N) is 2. The Morgan fingerprint density at radius 2 is 2.12 bits per heavy atom. The van der Waals surface area contributed by atoms with Gasteiger partial charge in [-0.05, 0) is 26.0 Å². The van der Waals surface area contributed by atoms with E-state index in [4.69, 9.17) is 15.2 Å². The number of hydrogen-bond acceptors (Lipinski definition) is 7. The molecule has 8 nitrogen and oxygen atoms in total. The van der Waals surface area contributed by atoms with Crippen LogP contribution in [0, 0.1) is 0 Å². The van der Waals surface area contributed by atoms with E-state index in [0.717, 1.165) is 5.69 Å². The van der Waals surface area contributed by atoms with Gasteiger partial charge in [0, 0.05) is 18.4 Å². The van der Waals surface area contributed by atoms with Gasteiger partial charge in [0.15, 0.2) is 5.79 Å². The van der Waals surface area contributed by atoms with Crippen molar-refractivity contribution in [1.29, 1.82) is 0 Å². The van der Waals surface area contributed by atoms with Crippen molar-refractivity contribution < 1.29 is 14.3 Å². The van der Waals surface area contributed by atoms with Gasteiger partial charge in [0.2, 0.25) is 5.95 Å². The number of aromatic nitrogens is 2. The molecule has 1 saturated heterocycles. The summed E-state index contributed by atoms with van der Waals surface area (Å²) in [6, 6.07) is 9.40. The number of nitrogens with one attached hydrogen (secondary N) is 2. The molecule has 1 aromatic heterocycles. The number of ether oxygens (including phenoxy) is 2. The van der Waals surface area contributed by atoms with Crippen LogP contribution in [0.3, 0.4) is 0 Å². The Hall–Kier alpha value is -2.71. The highest BCUT2D eigenvalue weighted by Gasteiger charge is 2.32. The van der Waals surface area contributed by atoms with Gasteiger partial charge in [0.05, 0.1) is 6.61 Å². The number of nitrogens with two attached hydrogens (primary N) is 1. The Morgan fingerprint density at radius 1 is 1.36 bits per heavy atom. The third kappa shape index (κ3) is 4.43. The lowest BCUT2D eigenvalue weighted by Crippen LogP contribution is -2.26. The van der Waals surface area contributed by atoms with E-state index >= 15 is 0 Å². The standard InChI is InChI=1S/C17H21N5O3/c1-17(2)24-10-12(25-17)8-19-16-20-9-13(14(18)23)15(22-16)21-11-6-4-3-5-7-11/h3-7,9,12H,8,10H2,1-2H3,(H2,18,23)(H2,19,20,21,22). The van der Waals surface area contributed by atoms with Crippen LogP contribution in [0.2, 0.25) is 0 Å². The maximum atomic E-state index is 11.6. The molecule has 1 fully saturated rings. The summed E-state index contributed by atoms with van der Waals surface area (Å²) in [5, 5.41) is 6.18. The van der Waals surface area contributed by atoms with Gasteiger partial charge in [0.1, 0.15) is 17.5 Å². The molecule has 2 aromatic rings. The van der Waals surface area contributed by atoms with E-state index in [1.54, 1.807) is 0 Å². The Balaban J connectivity index is 1.72. The van der Waals surface area contributed by atoms with Gasteiger partial charge in [0.25, 0.3) is 5.91 Å². The summed E-state index contributed by atoms with van der Waals surface area (Å²) in [7, 11) is 0.